The van der Waals surface area contributed by atoms with Crippen LogP contribution in [0.1, 0.15) is 19.4 Å². The van der Waals surface area contributed by atoms with Crippen LogP contribution < -0.4 is 10.5 Å². The first-order valence-corrected chi connectivity index (χ1v) is 8.85. The number of hydrogen-bond donors (Lipinski definition) is 2. The summed E-state index contributed by atoms with van der Waals surface area (Å²) in [5.41, 5.74) is 6.51. The Morgan fingerprint density at radius 1 is 1.26 bits per heavy atom. The van der Waals surface area contributed by atoms with Gasteiger partial charge in [0.2, 0.25) is 10.0 Å². The number of nitrogens with two attached hydrogens (primary N) is 1. The molecule has 0 aromatic heterocycles. The van der Waals surface area contributed by atoms with Crippen molar-refractivity contribution in [1.82, 2.24) is 4.72 Å². The van der Waals surface area contributed by atoms with E-state index < -0.39 is 10.0 Å². The number of benzene rings is 1. The average molecular weight is 302 g/mol. The molecule has 3 N–H and O–H groups in total. The highest BCUT2D eigenvalue weighted by Gasteiger charge is 2.21. The van der Waals surface area contributed by atoms with Crippen molar-refractivity contribution < 1.29 is 8.42 Å². The van der Waals surface area contributed by atoms with Crippen molar-refractivity contribution in [2.24, 2.45) is 5.73 Å². The van der Waals surface area contributed by atoms with Crippen LogP contribution in [-0.4, -0.2) is 32.5 Å². The first-order valence-electron chi connectivity index (χ1n) is 6.14. The number of sulfonamides is 1. The third-order valence-corrected chi connectivity index (χ3v) is 5.57. The smallest absolute Gasteiger partial charge is 0.240 e. The minimum atomic E-state index is -3.43. The number of hydrogen-bond acceptors (Lipinski definition) is 4. The molecule has 6 heteroatoms. The van der Waals surface area contributed by atoms with E-state index in [-0.39, 0.29) is 4.75 Å². The first kappa shape index (κ1) is 16.5. The van der Waals surface area contributed by atoms with Crippen LogP contribution in [-0.2, 0) is 16.4 Å². The van der Waals surface area contributed by atoms with Crippen LogP contribution in [0.5, 0.6) is 0 Å². The van der Waals surface area contributed by atoms with Crippen molar-refractivity contribution in [3.05, 3.63) is 29.8 Å². The Kier molecular flexibility index (Phi) is 5.85. The highest BCUT2D eigenvalue weighted by molar-refractivity contribution is 8.00. The molecule has 19 heavy (non-hydrogen) atoms. The Balaban J connectivity index is 2.77. The van der Waals surface area contributed by atoms with Gasteiger partial charge in [-0.15, -0.1) is 0 Å². The molecule has 0 aliphatic carbocycles. The Morgan fingerprint density at radius 3 is 2.32 bits per heavy atom. The van der Waals surface area contributed by atoms with Gasteiger partial charge < -0.3 is 5.73 Å². The lowest BCUT2D eigenvalue weighted by Gasteiger charge is -2.22. The second-order valence-electron chi connectivity index (χ2n) is 4.97. The van der Waals surface area contributed by atoms with Crippen LogP contribution in [0.3, 0.4) is 0 Å². The third-order valence-electron chi connectivity index (χ3n) is 2.91. The van der Waals surface area contributed by atoms with Gasteiger partial charge in [0.15, 0.2) is 0 Å². The van der Waals surface area contributed by atoms with Crippen molar-refractivity contribution in [2.45, 2.75) is 29.9 Å². The van der Waals surface area contributed by atoms with Gasteiger partial charge in [-0.25, -0.2) is 13.1 Å². The quantitative estimate of drug-likeness (QED) is 0.802. The lowest BCUT2D eigenvalue weighted by molar-refractivity contribution is 0.570. The minimum absolute atomic E-state index is 0.118. The summed E-state index contributed by atoms with van der Waals surface area (Å²) in [7, 11) is -3.43. The molecule has 108 valence electrons. The van der Waals surface area contributed by atoms with Crippen molar-refractivity contribution in [3.8, 4) is 0 Å². The van der Waals surface area contributed by atoms with Crippen LogP contribution in [0, 0.1) is 0 Å². The van der Waals surface area contributed by atoms with E-state index in [2.05, 4.69) is 4.72 Å². The average Bonchev–Trinajstić information content (AvgIpc) is 2.38. The van der Waals surface area contributed by atoms with Crippen LogP contribution in [0.25, 0.3) is 0 Å². The van der Waals surface area contributed by atoms with Crippen molar-refractivity contribution in [3.63, 3.8) is 0 Å². The van der Waals surface area contributed by atoms with Crippen molar-refractivity contribution >= 4 is 21.8 Å². The summed E-state index contributed by atoms with van der Waals surface area (Å²) in [5.74, 6) is 0. The van der Waals surface area contributed by atoms with E-state index in [0.29, 0.717) is 18.0 Å². The summed E-state index contributed by atoms with van der Waals surface area (Å²) in [6.07, 6.45) is 2.73. The summed E-state index contributed by atoms with van der Waals surface area (Å²) in [4.78, 5) is 0.296. The minimum Gasteiger partial charge on any atom is -0.330 e. The van der Waals surface area contributed by atoms with Crippen molar-refractivity contribution in [1.29, 1.82) is 0 Å². The van der Waals surface area contributed by atoms with Gasteiger partial charge in [0, 0.05) is 11.3 Å². The van der Waals surface area contributed by atoms with Gasteiger partial charge in [0.25, 0.3) is 0 Å². The Morgan fingerprint density at radius 2 is 1.84 bits per heavy atom. The number of rotatable bonds is 7. The number of nitrogens with one attached hydrogen (secondary N) is 1. The predicted octanol–water partition coefficient (Wildman–Crippen LogP) is 1.61. The van der Waals surface area contributed by atoms with Gasteiger partial charge in [0.05, 0.1) is 4.90 Å². The second kappa shape index (κ2) is 6.74. The topological polar surface area (TPSA) is 72.2 Å². The zero-order chi connectivity index (χ0) is 14.5. The maximum atomic E-state index is 12.1. The maximum absolute atomic E-state index is 12.1. The van der Waals surface area contributed by atoms with E-state index in [1.807, 2.05) is 20.1 Å². The molecule has 0 bridgehead atoms. The van der Waals surface area contributed by atoms with Gasteiger partial charge in [0.1, 0.15) is 0 Å². The van der Waals surface area contributed by atoms with E-state index in [9.17, 15) is 8.42 Å². The molecule has 1 aromatic carbocycles. The lowest BCUT2D eigenvalue weighted by atomic mass is 10.2. The Hall–Kier alpha value is -0.560. The molecule has 1 aromatic rings. The van der Waals surface area contributed by atoms with Gasteiger partial charge in [-0.05, 0) is 50.8 Å². The highest BCUT2D eigenvalue weighted by atomic mass is 32.2. The molecule has 4 nitrogen and oxygen atoms in total. The van der Waals surface area contributed by atoms with Crippen LogP contribution >= 0.6 is 11.8 Å². The third kappa shape index (κ3) is 5.14. The molecule has 0 unspecified atom stereocenters. The summed E-state index contributed by atoms with van der Waals surface area (Å²) >= 11 is 1.63. The highest BCUT2D eigenvalue weighted by Crippen LogP contribution is 2.20. The van der Waals surface area contributed by atoms with Gasteiger partial charge in [-0.1, -0.05) is 12.1 Å². The molecule has 0 heterocycles. The molecule has 0 aliphatic heterocycles. The molecular weight excluding hydrogens is 280 g/mol. The summed E-state index contributed by atoms with van der Waals surface area (Å²) < 4.78 is 26.8. The monoisotopic (exact) mass is 302 g/mol. The Bertz CT molecular complexity index is 496. The zero-order valence-electron chi connectivity index (χ0n) is 11.6. The molecule has 0 radical (unpaired) electrons. The second-order valence-corrected chi connectivity index (χ2v) is 8.25. The zero-order valence-corrected chi connectivity index (χ0v) is 13.3. The molecule has 0 saturated heterocycles. The maximum Gasteiger partial charge on any atom is 0.240 e. The van der Waals surface area contributed by atoms with E-state index in [1.54, 1.807) is 36.0 Å². The molecule has 0 amide bonds. The largest absolute Gasteiger partial charge is 0.330 e. The SMILES string of the molecule is CSC(C)(C)CNS(=O)(=O)c1ccc(CCN)cc1. The molecule has 1 rings (SSSR count). The van der Waals surface area contributed by atoms with Gasteiger partial charge >= 0.3 is 0 Å². The fraction of sp³-hybridized carbons (Fsp3) is 0.538. The van der Waals surface area contributed by atoms with Gasteiger partial charge in [-0.2, -0.15) is 11.8 Å². The number of thioether (sulfide) groups is 1. The molecule has 0 aliphatic rings. The standard InChI is InChI=1S/C13H22N2O2S2/c1-13(2,18-3)10-15-19(16,17)12-6-4-11(5-7-12)8-9-14/h4-7,15H,8-10,14H2,1-3H3. The van der Waals surface area contributed by atoms with E-state index >= 15 is 0 Å². The van der Waals surface area contributed by atoms with E-state index in [4.69, 9.17) is 5.73 Å². The molecule has 0 fully saturated rings. The lowest BCUT2D eigenvalue weighted by Crippen LogP contribution is -2.36. The first-order chi connectivity index (χ1) is 8.80. The predicted molar refractivity (Wildman–Crippen MR) is 82.0 cm³/mol. The summed E-state index contributed by atoms with van der Waals surface area (Å²) in [6, 6.07) is 6.86. The molecular formula is C13H22N2O2S2. The van der Waals surface area contributed by atoms with Crippen LogP contribution in [0.2, 0.25) is 0 Å². The molecule has 0 saturated carbocycles. The van der Waals surface area contributed by atoms with E-state index in [1.165, 1.54) is 0 Å². The summed E-state index contributed by atoms with van der Waals surface area (Å²) in [6.45, 7) is 4.97. The summed E-state index contributed by atoms with van der Waals surface area (Å²) in [5, 5.41) is 0. The van der Waals surface area contributed by atoms with Gasteiger partial charge in [-0.3, -0.25) is 0 Å². The van der Waals surface area contributed by atoms with Crippen LogP contribution in [0.15, 0.2) is 29.2 Å². The Labute approximate surface area is 120 Å². The fourth-order valence-corrected chi connectivity index (χ4v) is 2.95. The fourth-order valence-electron chi connectivity index (χ4n) is 1.43. The molecule has 0 atom stereocenters. The van der Waals surface area contributed by atoms with E-state index in [0.717, 1.165) is 12.0 Å². The van der Waals surface area contributed by atoms with Crippen molar-refractivity contribution in [2.75, 3.05) is 19.3 Å². The van der Waals surface area contributed by atoms with Crippen LogP contribution in [0.4, 0.5) is 0 Å². The normalized spacial score (nSPS) is 12.6. The molecule has 0 spiro atoms.